The van der Waals surface area contributed by atoms with Gasteiger partial charge in [0.2, 0.25) is 0 Å². The second-order valence-electron chi connectivity index (χ2n) is 3.51. The number of hydrogen-bond acceptors (Lipinski definition) is 4. The molecule has 1 aromatic rings. The van der Waals surface area contributed by atoms with Gasteiger partial charge in [-0.3, -0.25) is 0 Å². The molecule has 1 aromatic carbocycles. The van der Waals surface area contributed by atoms with Crippen LogP contribution in [0.25, 0.3) is 0 Å². The van der Waals surface area contributed by atoms with E-state index in [0.717, 1.165) is 0 Å². The number of hydrogen-bond donors (Lipinski definition) is 2. The minimum absolute atomic E-state index is 0.0357. The van der Waals surface area contributed by atoms with Gasteiger partial charge in [-0.15, -0.1) is 0 Å². The predicted octanol–water partition coefficient (Wildman–Crippen LogP) is 1.85. The van der Waals surface area contributed by atoms with Crippen LogP contribution in [0.5, 0.6) is 5.75 Å². The highest BCUT2D eigenvalue weighted by molar-refractivity contribution is 6.34. The van der Waals surface area contributed by atoms with Crippen molar-refractivity contribution in [3.8, 4) is 5.75 Å². The Morgan fingerprint density at radius 1 is 1.59 bits per heavy atom. The Labute approximate surface area is 105 Å². The lowest BCUT2D eigenvalue weighted by Gasteiger charge is -2.14. The van der Waals surface area contributed by atoms with Gasteiger partial charge in [0, 0.05) is 12.7 Å². The van der Waals surface area contributed by atoms with Crippen LogP contribution in [-0.4, -0.2) is 30.9 Å². The van der Waals surface area contributed by atoms with Crippen LogP contribution < -0.4 is 10.5 Å². The summed E-state index contributed by atoms with van der Waals surface area (Å²) in [5.41, 5.74) is 5.91. The Morgan fingerprint density at radius 2 is 2.29 bits per heavy atom. The summed E-state index contributed by atoms with van der Waals surface area (Å²) in [4.78, 5) is 0. The normalized spacial score (nSPS) is 13.5. The van der Waals surface area contributed by atoms with Gasteiger partial charge in [0.25, 0.3) is 0 Å². The molecule has 5 nitrogen and oxygen atoms in total. The van der Waals surface area contributed by atoms with Crippen molar-refractivity contribution in [2.45, 2.75) is 13.0 Å². The second kappa shape index (κ2) is 6.32. The molecule has 1 atom stereocenters. The number of oxime groups is 1. The summed E-state index contributed by atoms with van der Waals surface area (Å²) in [5, 5.41) is 11.8. The largest absolute Gasteiger partial charge is 0.488 e. The lowest BCUT2D eigenvalue weighted by molar-refractivity contribution is 0.0921. The predicted molar refractivity (Wildman–Crippen MR) is 65.9 cm³/mol. The summed E-state index contributed by atoms with van der Waals surface area (Å²) < 4.78 is 10.5. The van der Waals surface area contributed by atoms with Gasteiger partial charge in [0.15, 0.2) is 5.84 Å². The van der Waals surface area contributed by atoms with Crippen LogP contribution in [0.3, 0.4) is 0 Å². The molecule has 0 aliphatic carbocycles. The first-order valence-electron chi connectivity index (χ1n) is 5.01. The molecular weight excluding hydrogens is 244 g/mol. The summed E-state index contributed by atoms with van der Waals surface area (Å²) in [6.07, 6.45) is -0.0780. The molecule has 0 aromatic heterocycles. The summed E-state index contributed by atoms with van der Waals surface area (Å²) >= 11 is 5.98. The fourth-order valence-electron chi connectivity index (χ4n) is 1.33. The van der Waals surface area contributed by atoms with E-state index in [0.29, 0.717) is 22.9 Å². The Hall–Kier alpha value is -1.46. The number of methoxy groups -OCH3 is 1. The van der Waals surface area contributed by atoms with E-state index >= 15 is 0 Å². The standard InChI is InChI=1S/C11H15ClN2O3/c1-7(6-16-2)17-8-3-4-9(10(12)5-8)11(13)14-15/h3-5,7,15H,6H2,1-2H3,(H2,13,14). The van der Waals surface area contributed by atoms with Crippen molar-refractivity contribution < 1.29 is 14.7 Å². The van der Waals surface area contributed by atoms with E-state index in [2.05, 4.69) is 5.16 Å². The van der Waals surface area contributed by atoms with Gasteiger partial charge in [0.05, 0.1) is 11.6 Å². The SMILES string of the molecule is COCC(C)Oc1ccc(C(N)=NO)c(Cl)c1. The monoisotopic (exact) mass is 258 g/mol. The van der Waals surface area contributed by atoms with Crippen LogP contribution in [0.1, 0.15) is 12.5 Å². The molecular formula is C11H15ClN2O3. The van der Waals surface area contributed by atoms with E-state index in [-0.39, 0.29) is 11.9 Å². The fraction of sp³-hybridized carbons (Fsp3) is 0.364. The smallest absolute Gasteiger partial charge is 0.171 e. The highest BCUT2D eigenvalue weighted by Crippen LogP contribution is 2.23. The summed E-state index contributed by atoms with van der Waals surface area (Å²) in [6.45, 7) is 2.37. The molecule has 94 valence electrons. The number of nitrogens with zero attached hydrogens (tertiary/aromatic N) is 1. The maximum Gasteiger partial charge on any atom is 0.171 e. The summed E-state index contributed by atoms with van der Waals surface area (Å²) in [5.74, 6) is 0.570. The number of amidine groups is 1. The molecule has 0 aliphatic rings. The summed E-state index contributed by atoms with van der Waals surface area (Å²) in [6, 6.07) is 4.94. The first-order valence-corrected chi connectivity index (χ1v) is 5.39. The Balaban J connectivity index is 2.82. The zero-order valence-corrected chi connectivity index (χ0v) is 10.4. The fourth-order valence-corrected chi connectivity index (χ4v) is 1.60. The van der Waals surface area contributed by atoms with Crippen LogP contribution in [0.15, 0.2) is 23.4 Å². The van der Waals surface area contributed by atoms with Crippen molar-refractivity contribution in [3.05, 3.63) is 28.8 Å². The highest BCUT2D eigenvalue weighted by Gasteiger charge is 2.09. The quantitative estimate of drug-likeness (QED) is 0.366. The van der Waals surface area contributed by atoms with Gasteiger partial charge in [-0.2, -0.15) is 0 Å². The third kappa shape index (κ3) is 3.80. The molecule has 0 heterocycles. The van der Waals surface area contributed by atoms with Gasteiger partial charge < -0.3 is 20.4 Å². The minimum Gasteiger partial charge on any atom is -0.488 e. The molecule has 0 saturated carbocycles. The average molecular weight is 259 g/mol. The lowest BCUT2D eigenvalue weighted by Crippen LogP contribution is -2.18. The maximum atomic E-state index is 8.55. The van der Waals surface area contributed by atoms with Gasteiger partial charge in [-0.25, -0.2) is 0 Å². The first-order chi connectivity index (χ1) is 8.08. The lowest BCUT2D eigenvalue weighted by atomic mass is 10.2. The van der Waals surface area contributed by atoms with Crippen molar-refractivity contribution >= 4 is 17.4 Å². The molecule has 1 rings (SSSR count). The number of nitrogens with two attached hydrogens (primary N) is 1. The maximum absolute atomic E-state index is 8.55. The molecule has 0 spiro atoms. The third-order valence-electron chi connectivity index (χ3n) is 2.06. The molecule has 1 unspecified atom stereocenters. The second-order valence-corrected chi connectivity index (χ2v) is 3.92. The van der Waals surface area contributed by atoms with Gasteiger partial charge in [-0.1, -0.05) is 16.8 Å². The van der Waals surface area contributed by atoms with E-state index in [1.165, 1.54) is 0 Å². The molecule has 17 heavy (non-hydrogen) atoms. The number of ether oxygens (including phenoxy) is 2. The molecule has 0 amide bonds. The average Bonchev–Trinajstić information content (AvgIpc) is 2.28. The number of benzene rings is 1. The van der Waals surface area contributed by atoms with Gasteiger partial charge >= 0.3 is 0 Å². The van der Waals surface area contributed by atoms with Crippen molar-refractivity contribution in [2.24, 2.45) is 10.9 Å². The zero-order chi connectivity index (χ0) is 12.8. The topological polar surface area (TPSA) is 77.1 Å². The Kier molecular flexibility index (Phi) is 5.06. The number of rotatable bonds is 5. The van der Waals surface area contributed by atoms with E-state index in [9.17, 15) is 0 Å². The van der Waals surface area contributed by atoms with Crippen LogP contribution in [0, 0.1) is 0 Å². The summed E-state index contributed by atoms with van der Waals surface area (Å²) in [7, 11) is 1.61. The van der Waals surface area contributed by atoms with E-state index < -0.39 is 0 Å². The third-order valence-corrected chi connectivity index (χ3v) is 2.38. The van der Waals surface area contributed by atoms with Crippen molar-refractivity contribution in [1.29, 1.82) is 0 Å². The Morgan fingerprint density at radius 3 is 2.82 bits per heavy atom. The molecule has 6 heteroatoms. The van der Waals surface area contributed by atoms with Crippen LogP contribution in [0.2, 0.25) is 5.02 Å². The van der Waals surface area contributed by atoms with Crippen molar-refractivity contribution in [1.82, 2.24) is 0 Å². The highest BCUT2D eigenvalue weighted by atomic mass is 35.5. The van der Waals surface area contributed by atoms with E-state index in [1.807, 2.05) is 6.92 Å². The minimum atomic E-state index is -0.0780. The van der Waals surface area contributed by atoms with Crippen molar-refractivity contribution in [2.75, 3.05) is 13.7 Å². The molecule has 0 saturated heterocycles. The zero-order valence-electron chi connectivity index (χ0n) is 9.68. The van der Waals surface area contributed by atoms with Crippen LogP contribution in [0.4, 0.5) is 0 Å². The first kappa shape index (κ1) is 13.6. The Bertz CT molecular complexity index is 410. The van der Waals surface area contributed by atoms with E-state index in [1.54, 1.807) is 25.3 Å². The van der Waals surface area contributed by atoms with E-state index in [4.69, 9.17) is 32.0 Å². The molecule has 0 radical (unpaired) electrons. The molecule has 0 bridgehead atoms. The molecule has 3 N–H and O–H groups in total. The molecule has 0 fully saturated rings. The molecule has 0 aliphatic heterocycles. The van der Waals surface area contributed by atoms with Crippen LogP contribution in [-0.2, 0) is 4.74 Å². The van der Waals surface area contributed by atoms with Gasteiger partial charge in [-0.05, 0) is 25.1 Å². The van der Waals surface area contributed by atoms with Gasteiger partial charge in [0.1, 0.15) is 11.9 Å². The van der Waals surface area contributed by atoms with Crippen molar-refractivity contribution in [3.63, 3.8) is 0 Å². The number of halogens is 1. The van der Waals surface area contributed by atoms with Crippen LogP contribution >= 0.6 is 11.6 Å².